The molecular formula is C30H23NO2. The van der Waals surface area contributed by atoms with Gasteiger partial charge in [0.15, 0.2) is 0 Å². The molecule has 33 heavy (non-hydrogen) atoms. The van der Waals surface area contributed by atoms with E-state index in [-0.39, 0.29) is 0 Å². The molecule has 4 aromatic carbocycles. The van der Waals surface area contributed by atoms with Gasteiger partial charge in [-0.15, -0.1) is 0 Å². The molecular weight excluding hydrogens is 406 g/mol. The molecule has 1 aromatic heterocycles. The Morgan fingerprint density at radius 2 is 1.15 bits per heavy atom. The predicted octanol–water partition coefficient (Wildman–Crippen LogP) is 8.04. The fourth-order valence-corrected chi connectivity index (χ4v) is 3.88. The van der Waals surface area contributed by atoms with Crippen molar-refractivity contribution >= 4 is 12.1 Å². The second-order valence-corrected chi connectivity index (χ2v) is 7.62. The molecule has 0 amide bonds. The lowest BCUT2D eigenvalue weighted by atomic mass is 9.94. The Hall–Kier alpha value is -4.37. The van der Waals surface area contributed by atoms with Gasteiger partial charge in [0, 0.05) is 17.3 Å². The van der Waals surface area contributed by atoms with E-state index >= 15 is 0 Å². The number of ether oxygens (including phenoxy) is 1. The van der Waals surface area contributed by atoms with E-state index in [1.54, 1.807) is 7.11 Å². The Labute approximate surface area is 193 Å². The third kappa shape index (κ3) is 4.35. The van der Waals surface area contributed by atoms with Gasteiger partial charge < -0.3 is 9.15 Å². The van der Waals surface area contributed by atoms with Gasteiger partial charge in [0.2, 0.25) is 5.88 Å². The monoisotopic (exact) mass is 429 g/mol. The normalized spacial score (nSPS) is 11.1. The van der Waals surface area contributed by atoms with Gasteiger partial charge >= 0.3 is 0 Å². The summed E-state index contributed by atoms with van der Waals surface area (Å²) in [6, 6.07) is 38.5. The number of hydrogen-bond acceptors (Lipinski definition) is 3. The van der Waals surface area contributed by atoms with Crippen molar-refractivity contribution in [1.29, 1.82) is 0 Å². The van der Waals surface area contributed by atoms with Crippen LogP contribution in [-0.4, -0.2) is 13.3 Å². The molecule has 0 saturated heterocycles. The first kappa shape index (κ1) is 20.5. The largest absolute Gasteiger partial charge is 0.497 e. The zero-order chi connectivity index (χ0) is 22.5. The fourth-order valence-electron chi connectivity index (χ4n) is 3.88. The predicted molar refractivity (Wildman–Crippen MR) is 135 cm³/mol. The Bertz CT molecular complexity index is 1350. The van der Waals surface area contributed by atoms with Crippen LogP contribution in [0.4, 0.5) is 5.88 Å². The molecule has 0 saturated carbocycles. The lowest BCUT2D eigenvalue weighted by Crippen LogP contribution is -1.86. The van der Waals surface area contributed by atoms with Crippen LogP contribution in [0.15, 0.2) is 125 Å². The molecule has 0 aliphatic rings. The summed E-state index contributed by atoms with van der Waals surface area (Å²) in [5.74, 6) is 2.18. The summed E-state index contributed by atoms with van der Waals surface area (Å²) in [6.07, 6.45) is 1.85. The van der Waals surface area contributed by atoms with Crippen LogP contribution >= 0.6 is 0 Å². The van der Waals surface area contributed by atoms with E-state index in [1.165, 1.54) is 0 Å². The van der Waals surface area contributed by atoms with Gasteiger partial charge in [0.1, 0.15) is 11.5 Å². The average molecular weight is 430 g/mol. The van der Waals surface area contributed by atoms with E-state index in [9.17, 15) is 0 Å². The average Bonchev–Trinajstić information content (AvgIpc) is 3.28. The molecule has 5 rings (SSSR count). The highest BCUT2D eigenvalue weighted by Crippen LogP contribution is 2.48. The highest BCUT2D eigenvalue weighted by Gasteiger charge is 2.24. The smallest absolute Gasteiger partial charge is 0.227 e. The molecule has 1 heterocycles. The van der Waals surface area contributed by atoms with E-state index in [4.69, 9.17) is 14.1 Å². The maximum absolute atomic E-state index is 6.49. The zero-order valence-electron chi connectivity index (χ0n) is 18.3. The molecule has 0 aliphatic carbocycles. The lowest BCUT2D eigenvalue weighted by Gasteiger charge is -2.08. The minimum absolute atomic E-state index is 0.578. The van der Waals surface area contributed by atoms with E-state index in [0.29, 0.717) is 5.88 Å². The topological polar surface area (TPSA) is 34.7 Å². The van der Waals surface area contributed by atoms with Crippen molar-refractivity contribution in [3.05, 3.63) is 121 Å². The second kappa shape index (κ2) is 9.41. The Morgan fingerprint density at radius 3 is 1.76 bits per heavy atom. The Balaban J connectivity index is 1.77. The van der Waals surface area contributed by atoms with Gasteiger partial charge in [0.05, 0.1) is 12.7 Å². The summed E-state index contributed by atoms with van der Waals surface area (Å²) < 4.78 is 11.9. The second-order valence-electron chi connectivity index (χ2n) is 7.62. The number of nitrogens with zero attached hydrogens (tertiary/aromatic N) is 1. The van der Waals surface area contributed by atoms with Gasteiger partial charge in [-0.05, 0) is 28.8 Å². The van der Waals surface area contributed by atoms with Gasteiger partial charge in [-0.1, -0.05) is 103 Å². The maximum atomic E-state index is 6.49. The molecule has 5 aromatic rings. The standard InChI is InChI=1S/C30H23NO2/c1-32-26-19-17-24(18-20-26)27-28(23-13-7-3-8-14-23)30(31-21-22-11-5-2-6-12-22)33-29(27)25-15-9-4-10-16-25/h2-21H,1H3. The molecule has 0 fully saturated rings. The summed E-state index contributed by atoms with van der Waals surface area (Å²) in [6.45, 7) is 0. The minimum atomic E-state index is 0.578. The number of rotatable bonds is 6. The minimum Gasteiger partial charge on any atom is -0.497 e. The third-order valence-corrected chi connectivity index (χ3v) is 5.50. The van der Waals surface area contributed by atoms with Crippen LogP contribution in [0.2, 0.25) is 0 Å². The van der Waals surface area contributed by atoms with Gasteiger partial charge in [0.25, 0.3) is 0 Å². The summed E-state index contributed by atoms with van der Waals surface area (Å²) in [4.78, 5) is 4.80. The molecule has 3 heteroatoms. The van der Waals surface area contributed by atoms with Crippen LogP contribution in [-0.2, 0) is 0 Å². The third-order valence-electron chi connectivity index (χ3n) is 5.50. The van der Waals surface area contributed by atoms with Crippen LogP contribution < -0.4 is 4.74 Å². The highest BCUT2D eigenvalue weighted by atomic mass is 16.5. The van der Waals surface area contributed by atoms with Crippen molar-refractivity contribution in [2.24, 2.45) is 4.99 Å². The van der Waals surface area contributed by atoms with Gasteiger partial charge in [-0.2, -0.15) is 0 Å². The number of methoxy groups -OCH3 is 1. The van der Waals surface area contributed by atoms with Gasteiger partial charge in [-0.3, -0.25) is 0 Å². The molecule has 0 spiro atoms. The van der Waals surface area contributed by atoms with Crippen LogP contribution in [0.3, 0.4) is 0 Å². The van der Waals surface area contributed by atoms with Crippen LogP contribution in [0.1, 0.15) is 5.56 Å². The molecule has 0 aliphatic heterocycles. The zero-order valence-corrected chi connectivity index (χ0v) is 18.3. The van der Waals surface area contributed by atoms with Gasteiger partial charge in [-0.25, -0.2) is 4.99 Å². The first-order chi connectivity index (χ1) is 16.3. The number of hydrogen-bond donors (Lipinski definition) is 0. The van der Waals surface area contributed by atoms with Crippen molar-refractivity contribution < 1.29 is 9.15 Å². The fraction of sp³-hybridized carbons (Fsp3) is 0.0333. The van der Waals surface area contributed by atoms with Crippen molar-refractivity contribution in [3.63, 3.8) is 0 Å². The molecule has 0 atom stereocenters. The van der Waals surface area contributed by atoms with E-state index < -0.39 is 0 Å². The molecule has 160 valence electrons. The molecule has 0 unspecified atom stereocenters. The van der Waals surface area contributed by atoms with Crippen LogP contribution in [0.25, 0.3) is 33.6 Å². The number of furan rings is 1. The van der Waals surface area contributed by atoms with Crippen molar-refractivity contribution in [1.82, 2.24) is 0 Å². The number of benzene rings is 4. The molecule has 0 N–H and O–H groups in total. The lowest BCUT2D eigenvalue weighted by molar-refractivity contribution is 0.415. The van der Waals surface area contributed by atoms with Crippen molar-refractivity contribution in [3.8, 4) is 39.3 Å². The van der Waals surface area contributed by atoms with E-state index in [0.717, 1.165) is 44.9 Å². The van der Waals surface area contributed by atoms with E-state index in [2.05, 4.69) is 36.4 Å². The first-order valence-corrected chi connectivity index (χ1v) is 10.8. The van der Waals surface area contributed by atoms with Crippen LogP contribution in [0, 0.1) is 0 Å². The quantitative estimate of drug-likeness (QED) is 0.256. The van der Waals surface area contributed by atoms with Crippen LogP contribution in [0.5, 0.6) is 5.75 Å². The molecule has 0 bridgehead atoms. The summed E-state index contributed by atoms with van der Waals surface area (Å²) in [7, 11) is 1.67. The summed E-state index contributed by atoms with van der Waals surface area (Å²) in [5, 5.41) is 0. The van der Waals surface area contributed by atoms with Crippen molar-refractivity contribution in [2.75, 3.05) is 7.11 Å². The summed E-state index contributed by atoms with van der Waals surface area (Å²) in [5.41, 5.74) is 6.08. The SMILES string of the molecule is COc1ccc(-c2c(-c3ccccc3)oc(N=Cc3ccccc3)c2-c2ccccc2)cc1. The number of aliphatic imine (C=N–C) groups is 1. The molecule has 3 nitrogen and oxygen atoms in total. The maximum Gasteiger partial charge on any atom is 0.227 e. The Kier molecular flexibility index (Phi) is 5.85. The highest BCUT2D eigenvalue weighted by molar-refractivity contribution is 5.98. The van der Waals surface area contributed by atoms with Crippen molar-refractivity contribution in [2.45, 2.75) is 0 Å². The molecule has 0 radical (unpaired) electrons. The Morgan fingerprint density at radius 1 is 0.606 bits per heavy atom. The summed E-state index contributed by atoms with van der Waals surface area (Å²) >= 11 is 0. The van der Waals surface area contributed by atoms with E-state index in [1.807, 2.05) is 85.1 Å². The first-order valence-electron chi connectivity index (χ1n) is 10.8.